The van der Waals surface area contributed by atoms with Crippen molar-refractivity contribution in [1.29, 1.82) is 0 Å². The molecule has 2 heterocycles. The zero-order valence-corrected chi connectivity index (χ0v) is 16.1. The molecule has 0 spiro atoms. The molecule has 0 saturated heterocycles. The molecule has 27 heavy (non-hydrogen) atoms. The maximum absolute atomic E-state index is 12.7. The second-order valence-corrected chi connectivity index (χ2v) is 8.01. The predicted molar refractivity (Wildman–Crippen MR) is 103 cm³/mol. The summed E-state index contributed by atoms with van der Waals surface area (Å²) in [5, 5.41) is 7.79. The molecule has 4 rings (SSSR count). The minimum Gasteiger partial charge on any atom is -0.431 e. The van der Waals surface area contributed by atoms with Crippen LogP contribution in [0.3, 0.4) is 0 Å². The summed E-state index contributed by atoms with van der Waals surface area (Å²) in [6.07, 6.45) is 7.99. The van der Waals surface area contributed by atoms with E-state index in [0.29, 0.717) is 11.3 Å². The normalized spacial score (nSPS) is 21.2. The molecule has 7 nitrogen and oxygen atoms in total. The Morgan fingerprint density at radius 1 is 1.33 bits per heavy atom. The van der Waals surface area contributed by atoms with E-state index < -0.39 is 0 Å². The number of para-hydroxylation sites is 2. The van der Waals surface area contributed by atoms with Crippen molar-refractivity contribution in [2.45, 2.75) is 61.6 Å². The Labute approximate surface area is 161 Å². The molecular formula is C19H23N5O2S. The van der Waals surface area contributed by atoms with Gasteiger partial charge < -0.3 is 9.73 Å². The van der Waals surface area contributed by atoms with Crippen molar-refractivity contribution in [2.24, 2.45) is 0 Å². The largest absolute Gasteiger partial charge is 0.431 e. The maximum atomic E-state index is 12.7. The van der Waals surface area contributed by atoms with E-state index in [2.05, 4.69) is 20.4 Å². The Kier molecular flexibility index (Phi) is 5.42. The van der Waals surface area contributed by atoms with Crippen LogP contribution in [0.25, 0.3) is 11.1 Å². The first-order chi connectivity index (χ1) is 13.2. The van der Waals surface area contributed by atoms with E-state index in [4.69, 9.17) is 4.42 Å². The van der Waals surface area contributed by atoms with Crippen molar-refractivity contribution in [3.63, 3.8) is 0 Å². The molecule has 1 aliphatic rings. The van der Waals surface area contributed by atoms with Crippen molar-refractivity contribution >= 4 is 28.8 Å². The number of benzene rings is 1. The number of nitrogens with zero attached hydrogens (tertiary/aromatic N) is 4. The maximum Gasteiger partial charge on any atom is 0.257 e. The van der Waals surface area contributed by atoms with E-state index in [9.17, 15) is 4.79 Å². The molecular weight excluding hydrogens is 362 g/mol. The predicted octanol–water partition coefficient (Wildman–Crippen LogP) is 3.59. The van der Waals surface area contributed by atoms with E-state index in [1.807, 2.05) is 35.9 Å². The van der Waals surface area contributed by atoms with Gasteiger partial charge in [-0.2, -0.15) is 5.10 Å². The van der Waals surface area contributed by atoms with Gasteiger partial charge in [-0.25, -0.2) is 14.6 Å². The first-order valence-electron chi connectivity index (χ1n) is 9.39. The zero-order valence-electron chi connectivity index (χ0n) is 15.2. The third-order valence-corrected chi connectivity index (χ3v) is 6.24. The number of carbonyl (C=O) groups is 1. The van der Waals surface area contributed by atoms with Gasteiger partial charge in [0.1, 0.15) is 18.2 Å². The summed E-state index contributed by atoms with van der Waals surface area (Å²) in [7, 11) is 0. The van der Waals surface area contributed by atoms with Crippen LogP contribution in [0, 0.1) is 0 Å². The highest BCUT2D eigenvalue weighted by Crippen LogP contribution is 2.30. The molecule has 1 unspecified atom stereocenters. The molecule has 8 heteroatoms. The zero-order chi connectivity index (χ0) is 18.6. The van der Waals surface area contributed by atoms with Gasteiger partial charge in [0, 0.05) is 6.04 Å². The van der Waals surface area contributed by atoms with Crippen LogP contribution >= 0.6 is 11.8 Å². The lowest BCUT2D eigenvalue weighted by Gasteiger charge is -2.29. The average molecular weight is 385 g/mol. The second-order valence-electron chi connectivity index (χ2n) is 6.85. The Morgan fingerprint density at radius 2 is 2.15 bits per heavy atom. The number of fused-ring (bicyclic) bond motifs is 1. The van der Waals surface area contributed by atoms with Crippen molar-refractivity contribution in [3.8, 4) is 0 Å². The molecule has 2 aromatic heterocycles. The molecule has 1 N–H and O–H groups in total. The van der Waals surface area contributed by atoms with E-state index in [1.165, 1.54) is 11.8 Å². The van der Waals surface area contributed by atoms with Gasteiger partial charge in [0.05, 0.1) is 11.3 Å². The summed E-state index contributed by atoms with van der Waals surface area (Å²) < 4.78 is 7.68. The van der Waals surface area contributed by atoms with Gasteiger partial charge in [-0.05, 0) is 44.2 Å². The fourth-order valence-corrected chi connectivity index (χ4v) is 4.40. The first-order valence-corrected chi connectivity index (χ1v) is 10.3. The van der Waals surface area contributed by atoms with Crippen LogP contribution in [0.1, 0.15) is 45.1 Å². The summed E-state index contributed by atoms with van der Waals surface area (Å²) in [6, 6.07) is 8.26. The molecule has 1 amide bonds. The Balaban J connectivity index is 1.32. The third-order valence-electron chi connectivity index (χ3n) is 5.03. The third kappa shape index (κ3) is 4.16. The topological polar surface area (TPSA) is 85.8 Å². The van der Waals surface area contributed by atoms with E-state index in [1.54, 1.807) is 12.7 Å². The summed E-state index contributed by atoms with van der Waals surface area (Å²) in [5.74, 6) is 0.0639. The second kappa shape index (κ2) is 8.12. The van der Waals surface area contributed by atoms with Crippen molar-refractivity contribution in [1.82, 2.24) is 25.1 Å². The molecule has 1 fully saturated rings. The van der Waals surface area contributed by atoms with Gasteiger partial charge in [-0.3, -0.25) is 4.79 Å². The van der Waals surface area contributed by atoms with Gasteiger partial charge in [-0.15, -0.1) is 0 Å². The van der Waals surface area contributed by atoms with Crippen LogP contribution in [0.15, 0.2) is 46.6 Å². The highest BCUT2D eigenvalue weighted by Gasteiger charge is 2.27. The van der Waals surface area contributed by atoms with Crippen LogP contribution in [0.5, 0.6) is 0 Å². The lowest BCUT2D eigenvalue weighted by Crippen LogP contribution is -2.42. The number of rotatable bonds is 6. The quantitative estimate of drug-likeness (QED) is 0.653. The van der Waals surface area contributed by atoms with Gasteiger partial charge in [0.25, 0.3) is 5.22 Å². The summed E-state index contributed by atoms with van der Waals surface area (Å²) in [5.41, 5.74) is 1.57. The molecule has 0 bridgehead atoms. The highest BCUT2D eigenvalue weighted by atomic mass is 32.2. The van der Waals surface area contributed by atoms with Crippen molar-refractivity contribution in [2.75, 3.05) is 0 Å². The van der Waals surface area contributed by atoms with Crippen molar-refractivity contribution < 1.29 is 9.21 Å². The number of hydrogen-bond acceptors (Lipinski definition) is 6. The van der Waals surface area contributed by atoms with Gasteiger partial charge in [-0.1, -0.05) is 30.8 Å². The van der Waals surface area contributed by atoms with Crippen molar-refractivity contribution in [3.05, 3.63) is 36.9 Å². The summed E-state index contributed by atoms with van der Waals surface area (Å²) in [6.45, 7) is 2.02. The molecule has 3 aromatic rings. The molecule has 0 aliphatic heterocycles. The number of thioether (sulfide) groups is 1. The monoisotopic (exact) mass is 385 g/mol. The standard InChI is InChI=1S/C19H23N5O2S/c1-2-17(27-19-23-15-5-3-4-6-16(15)26-19)18(25)22-13-7-9-14(10-8-13)24-12-20-11-21-24/h3-6,11-14,17H,2,7-10H2,1H3,(H,22,25). The van der Waals surface area contributed by atoms with E-state index in [-0.39, 0.29) is 17.2 Å². The molecule has 1 aliphatic carbocycles. The number of amides is 1. The van der Waals surface area contributed by atoms with Gasteiger partial charge in [0.15, 0.2) is 5.58 Å². The highest BCUT2D eigenvalue weighted by molar-refractivity contribution is 8.00. The molecule has 1 saturated carbocycles. The number of carbonyl (C=O) groups excluding carboxylic acids is 1. The fourth-order valence-electron chi connectivity index (χ4n) is 3.53. The Hall–Kier alpha value is -2.35. The molecule has 1 atom stereocenters. The summed E-state index contributed by atoms with van der Waals surface area (Å²) >= 11 is 1.40. The molecule has 142 valence electrons. The SMILES string of the molecule is CCC(Sc1nc2ccccc2o1)C(=O)NC1CCC(n2cncn2)CC1. The number of oxazole rings is 1. The molecule has 1 aromatic carbocycles. The van der Waals surface area contributed by atoms with Gasteiger partial charge in [0.2, 0.25) is 5.91 Å². The van der Waals surface area contributed by atoms with Crippen LogP contribution in [0.4, 0.5) is 0 Å². The number of nitrogens with one attached hydrogen (secondary N) is 1. The molecule has 0 radical (unpaired) electrons. The smallest absolute Gasteiger partial charge is 0.257 e. The lowest BCUT2D eigenvalue weighted by atomic mass is 9.91. The van der Waals surface area contributed by atoms with Crippen LogP contribution in [0.2, 0.25) is 0 Å². The summed E-state index contributed by atoms with van der Waals surface area (Å²) in [4.78, 5) is 21.2. The number of aromatic nitrogens is 4. The minimum absolute atomic E-state index is 0.0639. The van der Waals surface area contributed by atoms with Crippen LogP contribution < -0.4 is 5.32 Å². The first kappa shape index (κ1) is 18.0. The van der Waals surface area contributed by atoms with E-state index >= 15 is 0 Å². The van der Waals surface area contributed by atoms with Crippen LogP contribution in [-0.4, -0.2) is 36.9 Å². The minimum atomic E-state index is -0.203. The van der Waals surface area contributed by atoms with E-state index in [0.717, 1.165) is 43.2 Å². The Morgan fingerprint density at radius 3 is 2.85 bits per heavy atom. The number of hydrogen-bond donors (Lipinski definition) is 1. The van der Waals surface area contributed by atoms with Crippen LogP contribution in [-0.2, 0) is 4.79 Å². The lowest BCUT2D eigenvalue weighted by molar-refractivity contribution is -0.121. The Bertz CT molecular complexity index is 854. The van der Waals surface area contributed by atoms with Gasteiger partial charge >= 0.3 is 0 Å². The average Bonchev–Trinajstić information content (AvgIpc) is 3.36. The fraction of sp³-hybridized carbons (Fsp3) is 0.474.